The van der Waals surface area contributed by atoms with Gasteiger partial charge in [0, 0.05) is 49.9 Å². The summed E-state index contributed by atoms with van der Waals surface area (Å²) in [5, 5.41) is 5.97. The minimum atomic E-state index is -0.726. The molecule has 31 heavy (non-hydrogen) atoms. The lowest BCUT2D eigenvalue weighted by Gasteiger charge is -2.35. The maximum absolute atomic E-state index is 14.5. The number of hydrogen-bond acceptors (Lipinski definition) is 6. The van der Waals surface area contributed by atoms with Gasteiger partial charge in [0.1, 0.15) is 11.6 Å². The molecule has 0 aromatic carbocycles. The molecule has 2 aliphatic rings. The molecular formula is C21H26FN7O2. The molecule has 1 unspecified atom stereocenters. The fraction of sp³-hybridized carbons (Fsp3) is 0.381. The Hall–Kier alpha value is -3.40. The number of likely N-dealkylation sites (N-methyl/N-ethyl adjacent to an activating group) is 2. The van der Waals surface area contributed by atoms with Gasteiger partial charge in [0.15, 0.2) is 17.6 Å². The molecule has 0 radical (unpaired) electrons. The van der Waals surface area contributed by atoms with E-state index >= 15 is 0 Å². The highest BCUT2D eigenvalue weighted by molar-refractivity contribution is 6.07. The van der Waals surface area contributed by atoms with Gasteiger partial charge in [-0.2, -0.15) is 0 Å². The van der Waals surface area contributed by atoms with Crippen molar-refractivity contribution >= 4 is 17.5 Å². The van der Waals surface area contributed by atoms with Crippen molar-refractivity contribution in [2.24, 2.45) is 4.99 Å². The second-order valence-corrected chi connectivity index (χ2v) is 7.35. The first-order valence-electron chi connectivity index (χ1n) is 10.1. The number of nitrogens with one attached hydrogen (secondary N) is 2. The number of carbonyl (C=O) groups excluding carboxylic acids is 1. The van der Waals surface area contributed by atoms with Gasteiger partial charge in [0.2, 0.25) is 0 Å². The normalized spacial score (nSPS) is 18.2. The zero-order valence-electron chi connectivity index (χ0n) is 18.0. The van der Waals surface area contributed by atoms with Crippen LogP contribution in [-0.4, -0.2) is 64.8 Å². The summed E-state index contributed by atoms with van der Waals surface area (Å²) in [6.07, 6.45) is 6.20. The van der Waals surface area contributed by atoms with Gasteiger partial charge in [-0.1, -0.05) is 0 Å². The number of carbonyl (C=O) groups is 1. The maximum Gasteiger partial charge on any atom is 0.329 e. The molecule has 4 heterocycles. The summed E-state index contributed by atoms with van der Waals surface area (Å²) in [5.41, 5.74) is 2.27. The van der Waals surface area contributed by atoms with Crippen molar-refractivity contribution in [2.45, 2.75) is 20.0 Å². The van der Waals surface area contributed by atoms with E-state index in [1.165, 1.54) is 11.0 Å². The van der Waals surface area contributed by atoms with Crippen LogP contribution < -0.4 is 10.6 Å². The van der Waals surface area contributed by atoms with Gasteiger partial charge in [0.25, 0.3) is 0 Å². The van der Waals surface area contributed by atoms with E-state index in [2.05, 4.69) is 25.5 Å². The summed E-state index contributed by atoms with van der Waals surface area (Å²) in [5.74, 6) is 0.583. The van der Waals surface area contributed by atoms with Crippen molar-refractivity contribution in [3.63, 3.8) is 0 Å². The highest BCUT2D eigenvalue weighted by Crippen LogP contribution is 2.28. The first-order valence-corrected chi connectivity index (χ1v) is 10.1. The van der Waals surface area contributed by atoms with E-state index in [9.17, 15) is 9.18 Å². The number of ether oxygens (including phenoxy) is 1. The van der Waals surface area contributed by atoms with Crippen LogP contribution in [0.2, 0.25) is 0 Å². The Kier molecular flexibility index (Phi) is 5.64. The average molecular weight is 427 g/mol. The van der Waals surface area contributed by atoms with Gasteiger partial charge in [0.05, 0.1) is 18.5 Å². The van der Waals surface area contributed by atoms with Gasteiger partial charge in [-0.15, -0.1) is 0 Å². The Labute approximate surface area is 179 Å². The van der Waals surface area contributed by atoms with E-state index in [1.807, 2.05) is 14.0 Å². The number of rotatable bonds is 7. The number of aliphatic imine (C=N–C) groups is 1. The van der Waals surface area contributed by atoms with Gasteiger partial charge in [-0.3, -0.25) is 4.90 Å². The number of urea groups is 1. The summed E-state index contributed by atoms with van der Waals surface area (Å²) < 4.78 is 21.7. The third-order valence-corrected chi connectivity index (χ3v) is 5.29. The van der Waals surface area contributed by atoms with E-state index in [-0.39, 0.29) is 11.7 Å². The topological polar surface area (TPSA) is 86.5 Å². The molecule has 0 saturated carbocycles. The van der Waals surface area contributed by atoms with Gasteiger partial charge in [-0.25, -0.2) is 19.2 Å². The number of pyridine rings is 1. The molecular weight excluding hydrogens is 401 g/mol. The predicted molar refractivity (Wildman–Crippen MR) is 115 cm³/mol. The maximum atomic E-state index is 14.5. The molecule has 2 aliphatic heterocycles. The Morgan fingerprint density at radius 1 is 1.39 bits per heavy atom. The molecule has 0 spiro atoms. The molecule has 1 atom stereocenters. The van der Waals surface area contributed by atoms with E-state index in [4.69, 9.17) is 4.74 Å². The third kappa shape index (κ3) is 3.86. The molecule has 0 bridgehead atoms. The Balaban J connectivity index is 1.69. The molecule has 164 valence electrons. The Morgan fingerprint density at radius 3 is 2.90 bits per heavy atom. The number of amidine groups is 1. The van der Waals surface area contributed by atoms with Crippen LogP contribution in [-0.2, 0) is 4.74 Å². The molecule has 2 amide bonds. The molecule has 0 fully saturated rings. The van der Waals surface area contributed by atoms with Crippen molar-refractivity contribution in [1.29, 1.82) is 0 Å². The van der Waals surface area contributed by atoms with E-state index in [0.29, 0.717) is 22.9 Å². The van der Waals surface area contributed by atoms with Crippen LogP contribution in [0.5, 0.6) is 0 Å². The Morgan fingerprint density at radius 2 is 2.19 bits per heavy atom. The second kappa shape index (κ2) is 8.38. The van der Waals surface area contributed by atoms with Gasteiger partial charge >= 0.3 is 6.03 Å². The van der Waals surface area contributed by atoms with Crippen LogP contribution >= 0.6 is 0 Å². The quantitative estimate of drug-likeness (QED) is 0.707. The van der Waals surface area contributed by atoms with Crippen molar-refractivity contribution in [2.75, 3.05) is 33.8 Å². The van der Waals surface area contributed by atoms with Crippen LogP contribution in [0.3, 0.4) is 0 Å². The van der Waals surface area contributed by atoms with E-state index < -0.39 is 12.0 Å². The Bertz CT molecular complexity index is 1100. The SMILES string of the molecule is CCN(CCNC)C1=CN2C(=O)NC(c3cc(F)c4nc(C)cn4c3)N=C2C=C1OC. The first kappa shape index (κ1) is 20.9. The minimum Gasteiger partial charge on any atom is -0.494 e. The molecule has 10 heteroatoms. The fourth-order valence-electron chi connectivity index (χ4n) is 3.73. The predicted octanol–water partition coefficient (Wildman–Crippen LogP) is 2.13. The number of fused-ring (bicyclic) bond motifs is 2. The monoisotopic (exact) mass is 427 g/mol. The lowest BCUT2D eigenvalue weighted by molar-refractivity contribution is 0.217. The molecule has 0 aliphatic carbocycles. The molecule has 2 aromatic rings. The summed E-state index contributed by atoms with van der Waals surface area (Å²) in [7, 11) is 3.48. The van der Waals surface area contributed by atoms with Crippen molar-refractivity contribution in [1.82, 2.24) is 29.8 Å². The molecule has 9 nitrogen and oxygen atoms in total. The summed E-state index contributed by atoms with van der Waals surface area (Å²) in [6, 6.07) is 1.01. The number of methoxy groups -OCH3 is 1. The fourth-order valence-corrected chi connectivity index (χ4v) is 3.73. The summed E-state index contributed by atoms with van der Waals surface area (Å²) in [6.45, 7) is 6.14. The summed E-state index contributed by atoms with van der Waals surface area (Å²) >= 11 is 0. The van der Waals surface area contributed by atoms with Crippen molar-refractivity contribution < 1.29 is 13.9 Å². The largest absolute Gasteiger partial charge is 0.494 e. The van der Waals surface area contributed by atoms with E-state index in [0.717, 1.165) is 25.3 Å². The van der Waals surface area contributed by atoms with Crippen LogP contribution in [0.4, 0.5) is 9.18 Å². The highest BCUT2D eigenvalue weighted by Gasteiger charge is 2.32. The minimum absolute atomic E-state index is 0.241. The van der Waals surface area contributed by atoms with Gasteiger partial charge < -0.3 is 24.7 Å². The standard InChI is InChI=1S/C21H26FN7O2/c1-5-27(7-6-23-3)16-12-29-18(9-17(16)31-4)25-19(26-21(29)30)14-8-15(22)20-24-13(2)10-28(20)11-14/h8-12,19,23H,5-7H2,1-4H3,(H,26,30). The van der Waals surface area contributed by atoms with E-state index in [1.54, 1.807) is 43.1 Å². The lowest BCUT2D eigenvalue weighted by Crippen LogP contribution is -2.48. The van der Waals surface area contributed by atoms with Crippen molar-refractivity contribution in [3.8, 4) is 0 Å². The average Bonchev–Trinajstić information content (AvgIpc) is 3.14. The van der Waals surface area contributed by atoms with Crippen LogP contribution in [0, 0.1) is 12.7 Å². The smallest absolute Gasteiger partial charge is 0.329 e. The van der Waals surface area contributed by atoms with Crippen molar-refractivity contribution in [3.05, 3.63) is 59.3 Å². The number of imidazole rings is 1. The number of halogens is 1. The number of amides is 2. The molecule has 2 N–H and O–H groups in total. The zero-order valence-corrected chi connectivity index (χ0v) is 18.0. The van der Waals surface area contributed by atoms with Gasteiger partial charge in [-0.05, 0) is 27.0 Å². The van der Waals surface area contributed by atoms with Crippen LogP contribution in [0.25, 0.3) is 5.65 Å². The number of aryl methyl sites for hydroxylation is 1. The number of hydrogen-bond donors (Lipinski definition) is 2. The summed E-state index contributed by atoms with van der Waals surface area (Å²) in [4.78, 5) is 25.3. The third-order valence-electron chi connectivity index (χ3n) is 5.29. The zero-order chi connectivity index (χ0) is 22.1. The first-order chi connectivity index (χ1) is 14.9. The number of nitrogens with zero attached hydrogens (tertiary/aromatic N) is 5. The molecule has 4 rings (SSSR count). The number of aromatic nitrogens is 2. The molecule has 2 aromatic heterocycles. The second-order valence-electron chi connectivity index (χ2n) is 7.35. The molecule has 0 saturated heterocycles. The van der Waals surface area contributed by atoms with Crippen LogP contribution in [0.15, 0.2) is 47.2 Å². The van der Waals surface area contributed by atoms with Crippen LogP contribution in [0.1, 0.15) is 24.3 Å². The highest BCUT2D eigenvalue weighted by atomic mass is 19.1. The lowest BCUT2D eigenvalue weighted by atomic mass is 10.1.